The van der Waals surface area contributed by atoms with Gasteiger partial charge in [0.05, 0.1) is 11.8 Å². The SMILES string of the molecule is O=C(NC1CN2CC[C@H]1C2)c1cc2c(C#CCO)coc2cn1. The molecule has 118 valence electrons. The molecule has 3 atom stereocenters. The number of nitrogens with one attached hydrogen (secondary N) is 1. The predicted octanol–water partition coefficient (Wildman–Crippen LogP) is 0.605. The summed E-state index contributed by atoms with van der Waals surface area (Å²) in [5.41, 5.74) is 1.59. The normalized spacial score (nSPS) is 25.3. The summed E-state index contributed by atoms with van der Waals surface area (Å²) in [7, 11) is 0. The van der Waals surface area contributed by atoms with Crippen molar-refractivity contribution in [3.05, 3.63) is 29.8 Å². The van der Waals surface area contributed by atoms with E-state index in [4.69, 9.17) is 9.52 Å². The first-order valence-electron chi connectivity index (χ1n) is 7.75. The van der Waals surface area contributed by atoms with E-state index in [1.165, 1.54) is 6.26 Å². The van der Waals surface area contributed by atoms with Crippen LogP contribution in [0.1, 0.15) is 22.5 Å². The highest BCUT2D eigenvalue weighted by atomic mass is 16.3. The largest absolute Gasteiger partial charge is 0.461 e. The standard InChI is InChI=1S/C17H17N3O3/c21-5-1-2-12-10-23-16-7-18-14(6-13(12)16)17(22)19-15-9-20-4-3-11(15)8-20/h6-7,10-11,15,21H,3-5,8-9H2,(H,19,22)/t11-,15?/m0/s1. The van der Waals surface area contributed by atoms with Gasteiger partial charge in [0.2, 0.25) is 0 Å². The van der Waals surface area contributed by atoms with Crippen LogP contribution in [-0.4, -0.2) is 53.2 Å². The van der Waals surface area contributed by atoms with E-state index in [1.807, 2.05) is 0 Å². The Morgan fingerprint density at radius 3 is 3.17 bits per heavy atom. The fraction of sp³-hybridized carbons (Fsp3) is 0.412. The minimum absolute atomic E-state index is 0.159. The molecule has 2 aliphatic rings. The van der Waals surface area contributed by atoms with Gasteiger partial charge in [-0.05, 0) is 24.9 Å². The number of piperidine rings is 1. The first kappa shape index (κ1) is 14.2. The molecule has 2 saturated heterocycles. The third kappa shape index (κ3) is 2.58. The van der Waals surface area contributed by atoms with Crippen molar-refractivity contribution in [3.63, 3.8) is 0 Å². The Kier molecular flexibility index (Phi) is 3.52. The maximum Gasteiger partial charge on any atom is 0.270 e. The van der Waals surface area contributed by atoms with Crippen molar-refractivity contribution in [3.8, 4) is 11.8 Å². The highest BCUT2D eigenvalue weighted by Crippen LogP contribution is 2.28. The van der Waals surface area contributed by atoms with E-state index >= 15 is 0 Å². The van der Waals surface area contributed by atoms with Crippen molar-refractivity contribution in [2.75, 3.05) is 26.2 Å². The summed E-state index contributed by atoms with van der Waals surface area (Å²) in [5, 5.41) is 12.6. The Labute approximate surface area is 133 Å². The number of hydrogen-bond acceptors (Lipinski definition) is 5. The van der Waals surface area contributed by atoms with E-state index in [2.05, 4.69) is 27.0 Å². The van der Waals surface area contributed by atoms with Gasteiger partial charge in [0.1, 0.15) is 18.6 Å². The van der Waals surface area contributed by atoms with Crippen molar-refractivity contribution in [1.29, 1.82) is 0 Å². The molecule has 23 heavy (non-hydrogen) atoms. The Balaban J connectivity index is 1.57. The number of carbonyl (C=O) groups excluding carboxylic acids is 1. The summed E-state index contributed by atoms with van der Waals surface area (Å²) in [6.45, 7) is 2.94. The van der Waals surface area contributed by atoms with Crippen LogP contribution in [0.25, 0.3) is 11.0 Å². The van der Waals surface area contributed by atoms with Gasteiger partial charge in [0.25, 0.3) is 5.91 Å². The summed E-state index contributed by atoms with van der Waals surface area (Å²) >= 11 is 0. The zero-order chi connectivity index (χ0) is 15.8. The molecule has 2 aromatic heterocycles. The van der Waals surface area contributed by atoms with Crippen LogP contribution in [0.5, 0.6) is 0 Å². The number of pyridine rings is 1. The fourth-order valence-electron chi connectivity index (χ4n) is 3.48. The van der Waals surface area contributed by atoms with Crippen molar-refractivity contribution < 1.29 is 14.3 Å². The Morgan fingerprint density at radius 1 is 1.52 bits per heavy atom. The maximum absolute atomic E-state index is 12.5. The number of fused-ring (bicyclic) bond motifs is 3. The van der Waals surface area contributed by atoms with Crippen molar-refractivity contribution in [2.24, 2.45) is 5.92 Å². The lowest BCUT2D eigenvalue weighted by atomic mass is 10.00. The van der Waals surface area contributed by atoms with Gasteiger partial charge in [-0.2, -0.15) is 0 Å². The highest BCUT2D eigenvalue weighted by Gasteiger charge is 2.38. The van der Waals surface area contributed by atoms with E-state index in [1.54, 1.807) is 12.3 Å². The molecule has 0 spiro atoms. The van der Waals surface area contributed by atoms with Crippen LogP contribution in [0.4, 0.5) is 0 Å². The molecule has 6 nitrogen and oxygen atoms in total. The molecule has 6 heteroatoms. The molecule has 2 unspecified atom stereocenters. The van der Waals surface area contributed by atoms with Crippen LogP contribution in [0.15, 0.2) is 22.9 Å². The summed E-state index contributed by atoms with van der Waals surface area (Å²) in [6.07, 6.45) is 4.21. The number of aliphatic hydroxyl groups excluding tert-OH is 1. The molecule has 0 radical (unpaired) electrons. The molecule has 2 bridgehead atoms. The van der Waals surface area contributed by atoms with E-state index in [9.17, 15) is 4.79 Å². The number of amides is 1. The lowest BCUT2D eigenvalue weighted by Gasteiger charge is -2.22. The number of aromatic nitrogens is 1. The van der Waals surface area contributed by atoms with Gasteiger partial charge in [0.15, 0.2) is 5.58 Å². The molecule has 0 aliphatic carbocycles. The smallest absolute Gasteiger partial charge is 0.270 e. The van der Waals surface area contributed by atoms with Crippen molar-refractivity contribution in [2.45, 2.75) is 12.5 Å². The minimum Gasteiger partial charge on any atom is -0.461 e. The molecular formula is C17H17N3O3. The average molecular weight is 311 g/mol. The quantitative estimate of drug-likeness (QED) is 0.794. The van der Waals surface area contributed by atoms with Crippen LogP contribution < -0.4 is 5.32 Å². The predicted molar refractivity (Wildman–Crippen MR) is 83.8 cm³/mol. The Bertz CT molecular complexity index is 817. The number of hydrogen-bond donors (Lipinski definition) is 2. The second-order valence-electron chi connectivity index (χ2n) is 6.06. The monoisotopic (exact) mass is 311 g/mol. The molecule has 2 fully saturated rings. The fourth-order valence-corrected chi connectivity index (χ4v) is 3.48. The lowest BCUT2D eigenvalue weighted by Crippen LogP contribution is -2.43. The molecular weight excluding hydrogens is 294 g/mol. The number of furan rings is 1. The van der Waals surface area contributed by atoms with Gasteiger partial charge < -0.3 is 19.7 Å². The molecule has 1 amide bonds. The minimum atomic E-state index is -0.218. The second kappa shape index (κ2) is 5.69. The van der Waals surface area contributed by atoms with Gasteiger partial charge in [-0.25, -0.2) is 4.98 Å². The van der Waals surface area contributed by atoms with Crippen LogP contribution >= 0.6 is 0 Å². The zero-order valence-electron chi connectivity index (χ0n) is 12.6. The third-order valence-corrected chi connectivity index (χ3v) is 4.65. The van der Waals surface area contributed by atoms with Gasteiger partial charge in [-0.1, -0.05) is 11.8 Å². The molecule has 4 rings (SSSR count). The maximum atomic E-state index is 12.5. The van der Waals surface area contributed by atoms with E-state index in [0.717, 1.165) is 31.4 Å². The number of nitrogens with zero attached hydrogens (tertiary/aromatic N) is 2. The molecule has 0 aromatic carbocycles. The first-order chi connectivity index (χ1) is 11.2. The average Bonchev–Trinajstić information content (AvgIpc) is 3.27. The van der Waals surface area contributed by atoms with Crippen LogP contribution in [0, 0.1) is 17.8 Å². The third-order valence-electron chi connectivity index (χ3n) is 4.65. The summed E-state index contributed by atoms with van der Waals surface area (Å²) in [6, 6.07) is 1.91. The van der Waals surface area contributed by atoms with Crippen LogP contribution in [0.3, 0.4) is 0 Å². The summed E-state index contributed by atoms with van der Waals surface area (Å²) in [5.74, 6) is 5.80. The number of rotatable bonds is 2. The Hall–Kier alpha value is -2.36. The van der Waals surface area contributed by atoms with Crippen LogP contribution in [0.2, 0.25) is 0 Å². The zero-order valence-corrected chi connectivity index (χ0v) is 12.6. The lowest BCUT2D eigenvalue weighted by molar-refractivity contribution is 0.0919. The van der Waals surface area contributed by atoms with E-state index < -0.39 is 0 Å². The van der Waals surface area contributed by atoms with Gasteiger partial charge in [0, 0.05) is 24.5 Å². The molecule has 2 aliphatic heterocycles. The molecule has 2 N–H and O–H groups in total. The van der Waals surface area contributed by atoms with Gasteiger partial charge in [-0.15, -0.1) is 0 Å². The molecule has 0 saturated carbocycles. The number of aliphatic hydroxyl groups is 1. The van der Waals surface area contributed by atoms with Crippen LogP contribution in [-0.2, 0) is 0 Å². The highest BCUT2D eigenvalue weighted by molar-refractivity contribution is 5.97. The summed E-state index contributed by atoms with van der Waals surface area (Å²) in [4.78, 5) is 19.0. The van der Waals surface area contributed by atoms with Crippen molar-refractivity contribution >= 4 is 16.9 Å². The molecule has 2 aromatic rings. The molecule has 4 heterocycles. The second-order valence-corrected chi connectivity index (χ2v) is 6.06. The Morgan fingerprint density at radius 2 is 2.43 bits per heavy atom. The van der Waals surface area contributed by atoms with Gasteiger partial charge >= 0.3 is 0 Å². The van der Waals surface area contributed by atoms with E-state index in [-0.39, 0.29) is 18.6 Å². The number of carbonyl (C=O) groups is 1. The van der Waals surface area contributed by atoms with E-state index in [0.29, 0.717) is 22.8 Å². The summed E-state index contributed by atoms with van der Waals surface area (Å²) < 4.78 is 5.37. The first-order valence-corrected chi connectivity index (χ1v) is 7.75. The van der Waals surface area contributed by atoms with Crippen molar-refractivity contribution in [1.82, 2.24) is 15.2 Å². The van der Waals surface area contributed by atoms with Gasteiger partial charge in [-0.3, -0.25) is 4.79 Å². The topological polar surface area (TPSA) is 78.6 Å².